The number of nitriles is 2. The summed E-state index contributed by atoms with van der Waals surface area (Å²) < 4.78 is 0. The molecule has 0 aliphatic rings. The van der Waals surface area contributed by atoms with E-state index in [4.69, 9.17) is 22.1 Å². The molecule has 1 rings (SSSR count). The number of rotatable bonds is 2. The van der Waals surface area contributed by atoms with E-state index in [1.807, 2.05) is 12.1 Å². The molecule has 1 unspecified atom stereocenters. The monoisotopic (exact) mass is 233 g/mol. The van der Waals surface area contributed by atoms with Crippen molar-refractivity contribution in [3.8, 4) is 12.1 Å². The molecule has 0 saturated carbocycles. The van der Waals surface area contributed by atoms with E-state index in [1.54, 1.807) is 6.07 Å². The van der Waals surface area contributed by atoms with Crippen LogP contribution in [0.4, 0.5) is 5.69 Å². The van der Waals surface area contributed by atoms with E-state index in [1.165, 1.54) is 19.1 Å². The molecule has 1 amide bonds. The van der Waals surface area contributed by atoms with Crippen molar-refractivity contribution in [2.24, 2.45) is 5.92 Å². The lowest BCUT2D eigenvalue weighted by Gasteiger charge is -2.06. The van der Waals surface area contributed by atoms with Crippen molar-refractivity contribution in [1.29, 1.82) is 10.5 Å². The minimum absolute atomic E-state index is 0.268. The number of amides is 1. The first kappa shape index (κ1) is 12.0. The highest BCUT2D eigenvalue weighted by Gasteiger charge is 2.12. The van der Waals surface area contributed by atoms with Crippen LogP contribution in [-0.2, 0) is 4.79 Å². The zero-order chi connectivity index (χ0) is 12.1. The van der Waals surface area contributed by atoms with Crippen LogP contribution >= 0.6 is 11.6 Å². The molecule has 0 heterocycles. The third kappa shape index (κ3) is 2.73. The second-order valence-corrected chi connectivity index (χ2v) is 3.55. The number of carbonyl (C=O) groups excluding carboxylic acids is 1. The summed E-state index contributed by atoms with van der Waals surface area (Å²) in [5.41, 5.74) is 0.809. The molecule has 5 heteroatoms. The van der Waals surface area contributed by atoms with Crippen molar-refractivity contribution in [1.82, 2.24) is 0 Å². The van der Waals surface area contributed by atoms with Crippen LogP contribution in [-0.4, -0.2) is 5.91 Å². The average Bonchev–Trinajstić information content (AvgIpc) is 2.28. The molecule has 0 aliphatic carbocycles. The van der Waals surface area contributed by atoms with Crippen molar-refractivity contribution in [2.75, 3.05) is 5.32 Å². The highest BCUT2D eigenvalue weighted by molar-refractivity contribution is 6.32. The highest BCUT2D eigenvalue weighted by Crippen LogP contribution is 2.20. The number of nitrogens with zero attached hydrogens (tertiary/aromatic N) is 2. The lowest BCUT2D eigenvalue weighted by Crippen LogP contribution is -2.18. The Bertz CT molecular complexity index is 499. The van der Waals surface area contributed by atoms with Gasteiger partial charge in [0.2, 0.25) is 5.91 Å². The predicted octanol–water partition coefficient (Wildman–Crippen LogP) is 2.31. The van der Waals surface area contributed by atoms with E-state index in [0.717, 1.165) is 0 Å². The maximum absolute atomic E-state index is 11.4. The number of carbonyl (C=O) groups is 1. The summed E-state index contributed by atoms with van der Waals surface area (Å²) in [5.74, 6) is -1.13. The number of hydrogen-bond donors (Lipinski definition) is 1. The highest BCUT2D eigenvalue weighted by atomic mass is 35.5. The Morgan fingerprint density at radius 3 is 2.69 bits per heavy atom. The molecule has 1 atom stereocenters. The van der Waals surface area contributed by atoms with Crippen molar-refractivity contribution in [2.45, 2.75) is 6.92 Å². The van der Waals surface area contributed by atoms with Gasteiger partial charge in [0.1, 0.15) is 12.0 Å². The van der Waals surface area contributed by atoms with Crippen molar-refractivity contribution >= 4 is 23.2 Å². The molecule has 1 N–H and O–H groups in total. The molecule has 0 aliphatic heterocycles. The van der Waals surface area contributed by atoms with Crippen LogP contribution in [0.2, 0.25) is 5.02 Å². The molecule has 1 aromatic carbocycles. The molecule has 0 aromatic heterocycles. The Morgan fingerprint density at radius 2 is 2.19 bits per heavy atom. The molecule has 0 spiro atoms. The van der Waals surface area contributed by atoms with E-state index >= 15 is 0 Å². The van der Waals surface area contributed by atoms with E-state index in [0.29, 0.717) is 11.3 Å². The molecule has 0 radical (unpaired) electrons. The minimum Gasteiger partial charge on any atom is -0.325 e. The maximum atomic E-state index is 11.4. The molecule has 0 fully saturated rings. The Morgan fingerprint density at radius 1 is 1.50 bits per heavy atom. The second-order valence-electron chi connectivity index (χ2n) is 3.15. The average molecular weight is 234 g/mol. The van der Waals surface area contributed by atoms with Gasteiger partial charge in [0.05, 0.1) is 16.7 Å². The Labute approximate surface area is 98.1 Å². The van der Waals surface area contributed by atoms with Crippen LogP contribution < -0.4 is 5.32 Å². The molecular formula is C11H8ClN3O. The van der Waals surface area contributed by atoms with E-state index < -0.39 is 11.8 Å². The summed E-state index contributed by atoms with van der Waals surface area (Å²) in [6, 6.07) is 8.28. The summed E-state index contributed by atoms with van der Waals surface area (Å²) in [5, 5.41) is 20.0. The minimum atomic E-state index is -0.727. The fourth-order valence-electron chi connectivity index (χ4n) is 0.993. The van der Waals surface area contributed by atoms with Gasteiger partial charge in [0.25, 0.3) is 0 Å². The van der Waals surface area contributed by atoms with Crippen molar-refractivity contribution in [3.05, 3.63) is 28.8 Å². The van der Waals surface area contributed by atoms with E-state index in [2.05, 4.69) is 5.32 Å². The molecule has 1 aromatic rings. The van der Waals surface area contributed by atoms with Gasteiger partial charge >= 0.3 is 0 Å². The van der Waals surface area contributed by atoms with Crippen LogP contribution in [0, 0.1) is 28.6 Å². The smallest absolute Gasteiger partial charge is 0.241 e. The number of nitrogens with one attached hydrogen (secondary N) is 1. The standard InChI is InChI=1S/C11H8ClN3O/c1-7(5-13)11(16)15-9-3-2-8(6-14)10(12)4-9/h2-4,7H,1H3,(H,15,16). The van der Waals surface area contributed by atoms with Crippen LogP contribution in [0.3, 0.4) is 0 Å². The molecule has 16 heavy (non-hydrogen) atoms. The zero-order valence-electron chi connectivity index (χ0n) is 8.49. The topological polar surface area (TPSA) is 76.7 Å². The largest absolute Gasteiger partial charge is 0.325 e. The molecule has 4 nitrogen and oxygen atoms in total. The Kier molecular flexibility index (Phi) is 3.88. The quantitative estimate of drug-likeness (QED) is 0.852. The second kappa shape index (κ2) is 5.16. The van der Waals surface area contributed by atoms with Crippen LogP contribution in [0.15, 0.2) is 18.2 Å². The van der Waals surface area contributed by atoms with Crippen LogP contribution in [0.25, 0.3) is 0 Å². The first-order valence-corrected chi connectivity index (χ1v) is 4.86. The zero-order valence-corrected chi connectivity index (χ0v) is 9.25. The summed E-state index contributed by atoms with van der Waals surface area (Å²) in [4.78, 5) is 11.4. The summed E-state index contributed by atoms with van der Waals surface area (Å²) in [7, 11) is 0. The van der Waals surface area contributed by atoms with Gasteiger partial charge in [-0.2, -0.15) is 10.5 Å². The first-order valence-electron chi connectivity index (χ1n) is 4.48. The number of hydrogen-bond acceptors (Lipinski definition) is 3. The third-order valence-corrected chi connectivity index (χ3v) is 2.26. The van der Waals surface area contributed by atoms with Gasteiger partial charge in [-0.3, -0.25) is 4.79 Å². The summed E-state index contributed by atoms with van der Waals surface area (Å²) >= 11 is 5.79. The molecule has 80 valence electrons. The molecular weight excluding hydrogens is 226 g/mol. The number of anilines is 1. The van der Waals surface area contributed by atoms with Gasteiger partial charge in [-0.1, -0.05) is 11.6 Å². The van der Waals surface area contributed by atoms with Crippen molar-refractivity contribution in [3.63, 3.8) is 0 Å². The van der Waals surface area contributed by atoms with E-state index in [-0.39, 0.29) is 5.02 Å². The van der Waals surface area contributed by atoms with Crippen LogP contribution in [0.5, 0.6) is 0 Å². The molecule has 0 saturated heterocycles. The third-order valence-electron chi connectivity index (χ3n) is 1.94. The fraction of sp³-hybridized carbons (Fsp3) is 0.182. The Balaban J connectivity index is 2.85. The lowest BCUT2D eigenvalue weighted by molar-refractivity contribution is -0.117. The van der Waals surface area contributed by atoms with Crippen LogP contribution in [0.1, 0.15) is 12.5 Å². The van der Waals surface area contributed by atoms with Crippen molar-refractivity contribution < 1.29 is 4.79 Å². The van der Waals surface area contributed by atoms with Gasteiger partial charge in [-0.25, -0.2) is 0 Å². The summed E-state index contributed by atoms with van der Waals surface area (Å²) in [6.45, 7) is 1.50. The van der Waals surface area contributed by atoms with E-state index in [9.17, 15) is 4.79 Å². The summed E-state index contributed by atoms with van der Waals surface area (Å²) in [6.07, 6.45) is 0. The van der Waals surface area contributed by atoms with Gasteiger partial charge in [-0.15, -0.1) is 0 Å². The Hall–Kier alpha value is -2.04. The molecule has 0 bridgehead atoms. The SMILES string of the molecule is CC(C#N)C(=O)Nc1ccc(C#N)c(Cl)c1. The first-order chi connectivity index (χ1) is 7.58. The van der Waals surface area contributed by atoms with Gasteiger partial charge in [0, 0.05) is 5.69 Å². The lowest BCUT2D eigenvalue weighted by atomic mass is 10.1. The normalized spacial score (nSPS) is 11.0. The number of benzene rings is 1. The maximum Gasteiger partial charge on any atom is 0.241 e. The fourth-order valence-corrected chi connectivity index (χ4v) is 1.22. The van der Waals surface area contributed by atoms with Gasteiger partial charge in [-0.05, 0) is 25.1 Å². The predicted molar refractivity (Wildman–Crippen MR) is 59.6 cm³/mol. The van der Waals surface area contributed by atoms with Gasteiger partial charge in [0.15, 0.2) is 0 Å². The number of halogens is 1. The van der Waals surface area contributed by atoms with Gasteiger partial charge < -0.3 is 5.32 Å².